The van der Waals surface area contributed by atoms with Crippen LogP contribution in [0.3, 0.4) is 0 Å². The summed E-state index contributed by atoms with van der Waals surface area (Å²) in [5.41, 5.74) is 4.50. The summed E-state index contributed by atoms with van der Waals surface area (Å²) in [5, 5.41) is 7.43. The summed E-state index contributed by atoms with van der Waals surface area (Å²) in [6.45, 7) is 0.496. The lowest BCUT2D eigenvalue weighted by molar-refractivity contribution is 0.414. The van der Waals surface area contributed by atoms with E-state index >= 15 is 0 Å². The normalized spacial score (nSPS) is 10.5. The predicted octanol–water partition coefficient (Wildman–Crippen LogP) is 2.83. The van der Waals surface area contributed by atoms with E-state index < -0.39 is 0 Å². The lowest BCUT2D eigenvalue weighted by Gasteiger charge is -2.07. The highest BCUT2D eigenvalue weighted by Gasteiger charge is 1.98. The maximum Gasteiger partial charge on any atom is 0.187 e. The minimum Gasteiger partial charge on any atom is -0.496 e. The summed E-state index contributed by atoms with van der Waals surface area (Å²) >= 11 is 5.11. The fraction of sp³-hybridized carbons (Fsp3) is 0.125. The predicted molar refractivity (Wildman–Crippen MR) is 89.6 cm³/mol. The van der Waals surface area contributed by atoms with Crippen molar-refractivity contribution in [2.75, 3.05) is 7.11 Å². The average Bonchev–Trinajstić information content (AvgIpc) is 2.55. The molecule has 0 fully saturated rings. The molecule has 2 rings (SSSR count). The Kier molecular flexibility index (Phi) is 5.85. The van der Waals surface area contributed by atoms with Gasteiger partial charge in [0.15, 0.2) is 5.11 Å². The molecule has 0 aliphatic heterocycles. The number of ether oxygens (including phenoxy) is 1. The number of para-hydroxylation sites is 1. The third-order valence-corrected chi connectivity index (χ3v) is 3.11. The van der Waals surface area contributed by atoms with Crippen molar-refractivity contribution in [2.45, 2.75) is 6.54 Å². The molecule has 6 heteroatoms. The number of thiocarbonyl (C=S) groups is 1. The Morgan fingerprint density at radius 3 is 2.68 bits per heavy atom. The third-order valence-electron chi connectivity index (χ3n) is 2.87. The van der Waals surface area contributed by atoms with Crippen LogP contribution >= 0.6 is 12.2 Å². The zero-order valence-corrected chi connectivity index (χ0v) is 12.9. The van der Waals surface area contributed by atoms with Gasteiger partial charge in [-0.1, -0.05) is 24.3 Å². The van der Waals surface area contributed by atoms with Gasteiger partial charge in [0.2, 0.25) is 0 Å². The molecular formula is C16H16FN3OS. The number of nitrogens with zero attached hydrogens (tertiary/aromatic N) is 1. The Morgan fingerprint density at radius 2 is 1.95 bits per heavy atom. The van der Waals surface area contributed by atoms with Crippen LogP contribution in [-0.4, -0.2) is 18.4 Å². The Hall–Kier alpha value is -2.47. The lowest BCUT2D eigenvalue weighted by atomic mass is 10.2. The molecule has 0 aromatic heterocycles. The SMILES string of the molecule is COc1ccccc1/C=N\NC(=S)NCc1ccc(F)cc1. The molecule has 0 aliphatic rings. The van der Waals surface area contributed by atoms with Crippen LogP contribution in [0, 0.1) is 5.82 Å². The van der Waals surface area contributed by atoms with Crippen LogP contribution in [0.5, 0.6) is 5.75 Å². The number of nitrogens with one attached hydrogen (secondary N) is 2. The van der Waals surface area contributed by atoms with Crippen LogP contribution in [-0.2, 0) is 6.54 Å². The van der Waals surface area contributed by atoms with Crippen LogP contribution in [0.4, 0.5) is 4.39 Å². The highest BCUT2D eigenvalue weighted by atomic mass is 32.1. The topological polar surface area (TPSA) is 45.6 Å². The van der Waals surface area contributed by atoms with Crippen molar-refractivity contribution in [3.05, 3.63) is 65.5 Å². The molecule has 2 N–H and O–H groups in total. The summed E-state index contributed by atoms with van der Waals surface area (Å²) in [6.07, 6.45) is 1.63. The van der Waals surface area contributed by atoms with Gasteiger partial charge in [0.1, 0.15) is 11.6 Å². The fourth-order valence-corrected chi connectivity index (χ4v) is 1.88. The average molecular weight is 317 g/mol. The highest BCUT2D eigenvalue weighted by molar-refractivity contribution is 7.80. The van der Waals surface area contributed by atoms with Gasteiger partial charge in [-0.05, 0) is 42.0 Å². The number of hydrazone groups is 1. The van der Waals surface area contributed by atoms with E-state index in [1.807, 2.05) is 24.3 Å². The first kappa shape index (κ1) is 15.9. The van der Waals surface area contributed by atoms with Gasteiger partial charge in [0.25, 0.3) is 0 Å². The summed E-state index contributed by atoms with van der Waals surface area (Å²) < 4.78 is 18.0. The van der Waals surface area contributed by atoms with Crippen LogP contribution in [0.15, 0.2) is 53.6 Å². The molecule has 0 spiro atoms. The molecule has 0 saturated carbocycles. The minimum atomic E-state index is -0.258. The van der Waals surface area contributed by atoms with E-state index in [0.717, 1.165) is 16.9 Å². The summed E-state index contributed by atoms with van der Waals surface area (Å²) in [7, 11) is 1.61. The molecule has 0 aliphatic carbocycles. The van der Waals surface area contributed by atoms with Gasteiger partial charge in [-0.25, -0.2) is 4.39 Å². The number of hydrogen-bond donors (Lipinski definition) is 2. The molecule has 0 atom stereocenters. The number of halogens is 1. The second kappa shape index (κ2) is 8.09. The quantitative estimate of drug-likeness (QED) is 0.506. The van der Waals surface area contributed by atoms with Crippen molar-refractivity contribution in [2.24, 2.45) is 5.10 Å². The van der Waals surface area contributed by atoms with Crippen molar-refractivity contribution in [3.8, 4) is 5.75 Å². The molecule has 0 bridgehead atoms. The molecule has 0 unspecified atom stereocenters. The van der Waals surface area contributed by atoms with E-state index in [9.17, 15) is 4.39 Å². The van der Waals surface area contributed by atoms with Gasteiger partial charge < -0.3 is 10.1 Å². The Labute approximate surface area is 134 Å². The Balaban J connectivity index is 1.82. The molecule has 114 valence electrons. The standard InChI is InChI=1S/C16H16FN3OS/c1-21-15-5-3-2-4-13(15)11-19-20-16(22)18-10-12-6-8-14(17)9-7-12/h2-9,11H,10H2,1H3,(H2,18,20,22)/b19-11-. The molecule has 4 nitrogen and oxygen atoms in total. The smallest absolute Gasteiger partial charge is 0.187 e. The first-order valence-corrected chi connectivity index (χ1v) is 7.04. The molecule has 2 aromatic carbocycles. The van der Waals surface area contributed by atoms with Gasteiger partial charge >= 0.3 is 0 Å². The molecule has 0 radical (unpaired) electrons. The minimum absolute atomic E-state index is 0.258. The first-order valence-electron chi connectivity index (χ1n) is 6.63. The largest absolute Gasteiger partial charge is 0.496 e. The van der Waals surface area contributed by atoms with Gasteiger partial charge in [-0.3, -0.25) is 5.43 Å². The number of methoxy groups -OCH3 is 1. The van der Waals surface area contributed by atoms with Crippen LogP contribution in [0.25, 0.3) is 0 Å². The molecule has 0 heterocycles. The van der Waals surface area contributed by atoms with Crippen LogP contribution < -0.4 is 15.5 Å². The van der Waals surface area contributed by atoms with Gasteiger partial charge in [0.05, 0.1) is 13.3 Å². The molecular weight excluding hydrogens is 301 g/mol. The van der Waals surface area contributed by atoms with Crippen molar-refractivity contribution in [1.82, 2.24) is 10.7 Å². The first-order chi connectivity index (χ1) is 10.7. The number of hydrogen-bond acceptors (Lipinski definition) is 3. The second-order valence-electron chi connectivity index (χ2n) is 4.42. The van der Waals surface area contributed by atoms with E-state index in [4.69, 9.17) is 17.0 Å². The van der Waals surface area contributed by atoms with Crippen LogP contribution in [0.1, 0.15) is 11.1 Å². The molecule has 22 heavy (non-hydrogen) atoms. The lowest BCUT2D eigenvalue weighted by Crippen LogP contribution is -2.31. The van der Waals surface area contributed by atoms with Gasteiger partial charge in [-0.2, -0.15) is 5.10 Å². The number of rotatable bonds is 5. The van der Waals surface area contributed by atoms with Gasteiger partial charge in [-0.15, -0.1) is 0 Å². The zero-order chi connectivity index (χ0) is 15.8. The van der Waals surface area contributed by atoms with Crippen molar-refractivity contribution in [3.63, 3.8) is 0 Å². The second-order valence-corrected chi connectivity index (χ2v) is 4.83. The molecule has 2 aromatic rings. The van der Waals surface area contributed by atoms with E-state index in [2.05, 4.69) is 15.8 Å². The highest BCUT2D eigenvalue weighted by Crippen LogP contribution is 2.14. The monoisotopic (exact) mass is 317 g/mol. The van der Waals surface area contributed by atoms with Gasteiger partial charge in [0, 0.05) is 12.1 Å². The van der Waals surface area contributed by atoms with E-state index in [1.165, 1.54) is 12.1 Å². The van der Waals surface area contributed by atoms with Crippen molar-refractivity contribution < 1.29 is 9.13 Å². The maximum atomic E-state index is 12.8. The van der Waals surface area contributed by atoms with E-state index in [0.29, 0.717) is 11.7 Å². The summed E-state index contributed by atoms with van der Waals surface area (Å²) in [5.74, 6) is 0.476. The zero-order valence-electron chi connectivity index (χ0n) is 12.0. The third kappa shape index (κ3) is 4.82. The summed E-state index contributed by atoms with van der Waals surface area (Å²) in [6, 6.07) is 13.7. The Bertz CT molecular complexity index is 659. The maximum absolute atomic E-state index is 12.8. The van der Waals surface area contributed by atoms with E-state index in [-0.39, 0.29) is 5.82 Å². The molecule has 0 amide bonds. The molecule has 0 saturated heterocycles. The fourth-order valence-electron chi connectivity index (χ4n) is 1.76. The van der Waals surface area contributed by atoms with Crippen LogP contribution in [0.2, 0.25) is 0 Å². The summed E-state index contributed by atoms with van der Waals surface area (Å²) in [4.78, 5) is 0. The van der Waals surface area contributed by atoms with Crippen molar-refractivity contribution in [1.29, 1.82) is 0 Å². The Morgan fingerprint density at radius 1 is 1.23 bits per heavy atom. The number of benzene rings is 2. The van der Waals surface area contributed by atoms with E-state index in [1.54, 1.807) is 25.5 Å². The van der Waals surface area contributed by atoms with Crippen molar-refractivity contribution >= 4 is 23.5 Å².